The zero-order valence-electron chi connectivity index (χ0n) is 14.7. The Bertz CT molecular complexity index is 706. The van der Waals surface area contributed by atoms with E-state index < -0.39 is 5.54 Å². The first-order valence-electron chi connectivity index (χ1n) is 7.95. The Morgan fingerprint density at radius 3 is 2.36 bits per heavy atom. The standard InChI is InChI=1S/C19H24N2O4/c1-19(13-22,15-7-5-4-6-8-15)21-18(23)20-12-14-9-10-16(24-2)17(11-14)25-3/h4-11,22H,12-13H2,1-3H3,(H2,20,21,23). The lowest BCUT2D eigenvalue weighted by Gasteiger charge is -2.29. The fraction of sp³-hybridized carbons (Fsp3) is 0.316. The number of hydrogen-bond acceptors (Lipinski definition) is 4. The van der Waals surface area contributed by atoms with Gasteiger partial charge in [-0.2, -0.15) is 0 Å². The summed E-state index contributed by atoms with van der Waals surface area (Å²) in [6.07, 6.45) is 0. The maximum atomic E-state index is 12.3. The number of carbonyl (C=O) groups is 1. The van der Waals surface area contributed by atoms with Crippen LogP contribution in [0.1, 0.15) is 18.1 Å². The number of aliphatic hydroxyl groups excluding tert-OH is 1. The zero-order chi connectivity index (χ0) is 18.3. The molecule has 1 unspecified atom stereocenters. The van der Waals surface area contributed by atoms with Crippen LogP contribution in [0.4, 0.5) is 4.79 Å². The topological polar surface area (TPSA) is 79.8 Å². The van der Waals surface area contributed by atoms with Crippen molar-refractivity contribution >= 4 is 6.03 Å². The second-order valence-corrected chi connectivity index (χ2v) is 5.85. The number of amides is 2. The first kappa shape index (κ1) is 18.6. The molecule has 0 aliphatic carbocycles. The van der Waals surface area contributed by atoms with Crippen molar-refractivity contribution in [2.24, 2.45) is 0 Å². The number of benzene rings is 2. The predicted octanol–water partition coefficient (Wildman–Crippen LogP) is 2.41. The van der Waals surface area contributed by atoms with E-state index in [9.17, 15) is 9.90 Å². The SMILES string of the molecule is COc1ccc(CNC(=O)NC(C)(CO)c2ccccc2)cc1OC. The average molecular weight is 344 g/mol. The minimum atomic E-state index is -0.858. The van der Waals surface area contributed by atoms with Gasteiger partial charge >= 0.3 is 6.03 Å². The highest BCUT2D eigenvalue weighted by atomic mass is 16.5. The summed E-state index contributed by atoms with van der Waals surface area (Å²) in [5.74, 6) is 1.24. The van der Waals surface area contributed by atoms with Crippen LogP contribution >= 0.6 is 0 Å². The lowest BCUT2D eigenvalue weighted by atomic mass is 9.93. The highest BCUT2D eigenvalue weighted by Gasteiger charge is 2.27. The summed E-state index contributed by atoms with van der Waals surface area (Å²) in [7, 11) is 3.14. The van der Waals surface area contributed by atoms with E-state index in [2.05, 4.69) is 10.6 Å². The van der Waals surface area contributed by atoms with E-state index in [1.54, 1.807) is 27.2 Å². The summed E-state index contributed by atoms with van der Waals surface area (Å²) in [5, 5.41) is 15.3. The van der Waals surface area contributed by atoms with Crippen LogP contribution in [0.3, 0.4) is 0 Å². The number of carbonyl (C=O) groups excluding carboxylic acids is 1. The van der Waals surface area contributed by atoms with Gasteiger partial charge in [0.25, 0.3) is 0 Å². The average Bonchev–Trinajstić information content (AvgIpc) is 2.66. The second-order valence-electron chi connectivity index (χ2n) is 5.85. The summed E-state index contributed by atoms with van der Waals surface area (Å²) in [4.78, 5) is 12.3. The lowest BCUT2D eigenvalue weighted by Crippen LogP contribution is -2.50. The van der Waals surface area contributed by atoms with E-state index in [-0.39, 0.29) is 12.6 Å². The van der Waals surface area contributed by atoms with Crippen LogP contribution in [0, 0.1) is 0 Å². The fourth-order valence-corrected chi connectivity index (χ4v) is 2.48. The molecule has 0 fully saturated rings. The minimum Gasteiger partial charge on any atom is -0.493 e. The van der Waals surface area contributed by atoms with Crippen molar-refractivity contribution in [2.75, 3.05) is 20.8 Å². The highest BCUT2D eigenvalue weighted by molar-refractivity contribution is 5.75. The molecule has 0 radical (unpaired) electrons. The van der Waals surface area contributed by atoms with E-state index in [1.165, 1.54) is 0 Å². The summed E-state index contributed by atoms with van der Waals surface area (Å²) in [6, 6.07) is 14.4. The molecule has 0 saturated carbocycles. The van der Waals surface area contributed by atoms with Crippen LogP contribution in [0.15, 0.2) is 48.5 Å². The summed E-state index contributed by atoms with van der Waals surface area (Å²) in [5.41, 5.74) is 0.847. The molecule has 0 spiro atoms. The first-order valence-corrected chi connectivity index (χ1v) is 7.95. The zero-order valence-corrected chi connectivity index (χ0v) is 14.7. The Labute approximate surface area is 147 Å². The third-order valence-electron chi connectivity index (χ3n) is 4.02. The molecule has 0 bridgehead atoms. The number of nitrogens with one attached hydrogen (secondary N) is 2. The number of ether oxygens (including phenoxy) is 2. The number of aliphatic hydroxyl groups is 1. The van der Waals surface area contributed by atoms with Gasteiger partial charge in [-0.3, -0.25) is 0 Å². The van der Waals surface area contributed by atoms with Gasteiger partial charge in [-0.05, 0) is 30.2 Å². The Balaban J connectivity index is 2.00. The van der Waals surface area contributed by atoms with Crippen LogP contribution in [0.2, 0.25) is 0 Å². The molecule has 0 aliphatic rings. The van der Waals surface area contributed by atoms with Crippen molar-refractivity contribution in [2.45, 2.75) is 19.0 Å². The van der Waals surface area contributed by atoms with E-state index in [0.29, 0.717) is 18.0 Å². The molecule has 6 nitrogen and oxygen atoms in total. The van der Waals surface area contributed by atoms with Gasteiger partial charge in [0, 0.05) is 6.54 Å². The van der Waals surface area contributed by atoms with Gasteiger partial charge in [-0.25, -0.2) is 4.79 Å². The maximum absolute atomic E-state index is 12.3. The van der Waals surface area contributed by atoms with Gasteiger partial charge in [0.1, 0.15) is 0 Å². The van der Waals surface area contributed by atoms with Crippen LogP contribution < -0.4 is 20.1 Å². The van der Waals surface area contributed by atoms with E-state index in [4.69, 9.17) is 9.47 Å². The maximum Gasteiger partial charge on any atom is 0.315 e. The fourth-order valence-electron chi connectivity index (χ4n) is 2.48. The molecule has 2 aromatic rings. The first-order chi connectivity index (χ1) is 12.0. The largest absolute Gasteiger partial charge is 0.493 e. The molecule has 0 heterocycles. The van der Waals surface area contributed by atoms with Crippen LogP contribution in [0.5, 0.6) is 11.5 Å². The van der Waals surface area contributed by atoms with Crippen molar-refractivity contribution in [3.63, 3.8) is 0 Å². The molecule has 1 atom stereocenters. The van der Waals surface area contributed by atoms with Gasteiger partial charge in [-0.15, -0.1) is 0 Å². The Kier molecular flexibility index (Phi) is 6.25. The number of hydrogen-bond donors (Lipinski definition) is 3. The number of urea groups is 1. The van der Waals surface area contributed by atoms with Gasteiger partial charge in [0.05, 0.1) is 26.4 Å². The van der Waals surface area contributed by atoms with Gasteiger partial charge in [0.2, 0.25) is 0 Å². The molecule has 25 heavy (non-hydrogen) atoms. The van der Waals surface area contributed by atoms with Crippen LogP contribution in [-0.2, 0) is 12.1 Å². The molecule has 2 amide bonds. The summed E-state index contributed by atoms with van der Waals surface area (Å²) in [6.45, 7) is 1.89. The van der Waals surface area contributed by atoms with E-state index in [0.717, 1.165) is 11.1 Å². The molecule has 0 saturated heterocycles. The molecule has 2 rings (SSSR count). The third-order valence-corrected chi connectivity index (χ3v) is 4.02. The molecule has 3 N–H and O–H groups in total. The molecule has 2 aromatic carbocycles. The van der Waals surface area contributed by atoms with Gasteiger partial charge in [-0.1, -0.05) is 36.4 Å². The normalized spacial score (nSPS) is 12.8. The van der Waals surface area contributed by atoms with Gasteiger partial charge < -0.3 is 25.2 Å². The molecule has 6 heteroatoms. The summed E-state index contributed by atoms with van der Waals surface area (Å²) < 4.78 is 10.4. The molecule has 0 aromatic heterocycles. The molecule has 134 valence electrons. The van der Waals surface area contributed by atoms with Crippen molar-refractivity contribution in [1.29, 1.82) is 0 Å². The summed E-state index contributed by atoms with van der Waals surface area (Å²) >= 11 is 0. The Morgan fingerprint density at radius 2 is 1.76 bits per heavy atom. The minimum absolute atomic E-state index is 0.208. The molecular weight excluding hydrogens is 320 g/mol. The molecular formula is C19H24N2O4. The smallest absolute Gasteiger partial charge is 0.315 e. The number of rotatable bonds is 7. The van der Waals surface area contributed by atoms with E-state index >= 15 is 0 Å². The van der Waals surface area contributed by atoms with Crippen molar-refractivity contribution in [3.8, 4) is 11.5 Å². The Morgan fingerprint density at radius 1 is 1.08 bits per heavy atom. The highest BCUT2D eigenvalue weighted by Crippen LogP contribution is 2.27. The van der Waals surface area contributed by atoms with Crippen molar-refractivity contribution in [3.05, 3.63) is 59.7 Å². The van der Waals surface area contributed by atoms with Crippen molar-refractivity contribution in [1.82, 2.24) is 10.6 Å². The number of methoxy groups -OCH3 is 2. The third kappa shape index (κ3) is 4.64. The monoisotopic (exact) mass is 344 g/mol. The lowest BCUT2D eigenvalue weighted by molar-refractivity contribution is 0.171. The van der Waals surface area contributed by atoms with Gasteiger partial charge in [0.15, 0.2) is 11.5 Å². The van der Waals surface area contributed by atoms with E-state index in [1.807, 2.05) is 42.5 Å². The predicted molar refractivity (Wildman–Crippen MR) is 95.8 cm³/mol. The Hall–Kier alpha value is -2.73. The van der Waals surface area contributed by atoms with Crippen molar-refractivity contribution < 1.29 is 19.4 Å². The second kappa shape index (κ2) is 8.39. The quantitative estimate of drug-likeness (QED) is 0.721. The van der Waals surface area contributed by atoms with Crippen LogP contribution in [0.25, 0.3) is 0 Å². The molecule has 0 aliphatic heterocycles. The van der Waals surface area contributed by atoms with Crippen LogP contribution in [-0.4, -0.2) is 32.0 Å².